The standard InChI is InChI=1S/C15H19N3O3S/c1-4-10(2)21-12-6-5-11(7-13(12)20-3)8-16-18-15-17-14(19)9-22-15/h5-8,10H,4,9H2,1-3H3,(H,17,18,19). The molecule has 1 amide bonds. The summed E-state index contributed by atoms with van der Waals surface area (Å²) in [4.78, 5) is 11.0. The number of nitrogens with zero attached hydrogens (tertiary/aromatic N) is 2. The number of hydrogen-bond acceptors (Lipinski definition) is 6. The fourth-order valence-corrected chi connectivity index (χ4v) is 2.32. The Labute approximate surface area is 134 Å². The van der Waals surface area contributed by atoms with Gasteiger partial charge in [-0.1, -0.05) is 18.7 Å². The van der Waals surface area contributed by atoms with Crippen molar-refractivity contribution in [2.24, 2.45) is 10.2 Å². The average molecular weight is 321 g/mol. The van der Waals surface area contributed by atoms with E-state index in [9.17, 15) is 4.79 Å². The zero-order valence-corrected chi connectivity index (χ0v) is 13.6. The quantitative estimate of drug-likeness (QED) is 0.645. The van der Waals surface area contributed by atoms with Crippen molar-refractivity contribution in [1.82, 2.24) is 5.32 Å². The lowest BCUT2D eigenvalue weighted by Gasteiger charge is -2.15. The number of nitrogens with one attached hydrogen (secondary N) is 1. The number of amides is 1. The number of methoxy groups -OCH3 is 1. The van der Waals surface area contributed by atoms with Gasteiger partial charge in [0.2, 0.25) is 5.91 Å². The minimum atomic E-state index is -0.0489. The molecule has 1 saturated heterocycles. The summed E-state index contributed by atoms with van der Waals surface area (Å²) < 4.78 is 11.1. The highest BCUT2D eigenvalue weighted by molar-refractivity contribution is 8.15. The Morgan fingerprint density at radius 1 is 1.45 bits per heavy atom. The molecule has 0 saturated carbocycles. The van der Waals surface area contributed by atoms with Crippen molar-refractivity contribution in [1.29, 1.82) is 0 Å². The third-order valence-corrected chi connectivity index (χ3v) is 3.90. The van der Waals surface area contributed by atoms with E-state index in [1.54, 1.807) is 13.3 Å². The predicted molar refractivity (Wildman–Crippen MR) is 89.0 cm³/mol. The molecule has 1 heterocycles. The van der Waals surface area contributed by atoms with Gasteiger partial charge >= 0.3 is 0 Å². The van der Waals surface area contributed by atoms with E-state index in [2.05, 4.69) is 22.4 Å². The van der Waals surface area contributed by atoms with Crippen LogP contribution in [0.15, 0.2) is 28.4 Å². The first-order valence-electron chi connectivity index (χ1n) is 7.00. The SMILES string of the molecule is CCC(C)Oc1ccc(C=NN=C2NC(=O)CS2)cc1OC. The molecule has 22 heavy (non-hydrogen) atoms. The lowest BCUT2D eigenvalue weighted by atomic mass is 10.2. The number of carbonyl (C=O) groups excluding carboxylic acids is 1. The second-order valence-electron chi connectivity index (χ2n) is 4.73. The van der Waals surface area contributed by atoms with Gasteiger partial charge in [-0.2, -0.15) is 5.10 Å². The molecular formula is C15H19N3O3S. The molecule has 118 valence electrons. The number of ether oxygens (including phenoxy) is 2. The Kier molecular flexibility index (Phi) is 5.83. The van der Waals surface area contributed by atoms with E-state index in [4.69, 9.17) is 9.47 Å². The third kappa shape index (κ3) is 4.49. The largest absolute Gasteiger partial charge is 0.493 e. The molecule has 0 aliphatic carbocycles. The highest BCUT2D eigenvalue weighted by atomic mass is 32.2. The van der Waals surface area contributed by atoms with Gasteiger partial charge in [0.05, 0.1) is 25.2 Å². The molecule has 0 bridgehead atoms. The van der Waals surface area contributed by atoms with Crippen LogP contribution in [-0.2, 0) is 4.79 Å². The van der Waals surface area contributed by atoms with Gasteiger partial charge in [0.1, 0.15) is 0 Å². The van der Waals surface area contributed by atoms with E-state index in [0.717, 1.165) is 12.0 Å². The Hall–Kier alpha value is -2.02. The lowest BCUT2D eigenvalue weighted by Crippen LogP contribution is -2.19. The maximum absolute atomic E-state index is 11.0. The second-order valence-corrected chi connectivity index (χ2v) is 5.70. The summed E-state index contributed by atoms with van der Waals surface area (Å²) in [5.74, 6) is 1.70. The molecule has 2 rings (SSSR count). The summed E-state index contributed by atoms with van der Waals surface area (Å²) in [7, 11) is 1.60. The molecule has 7 heteroatoms. The second kappa shape index (κ2) is 7.84. The Morgan fingerprint density at radius 3 is 2.91 bits per heavy atom. The molecule has 1 atom stereocenters. The van der Waals surface area contributed by atoms with Crippen LogP contribution >= 0.6 is 11.8 Å². The summed E-state index contributed by atoms with van der Waals surface area (Å²) in [6.45, 7) is 4.08. The summed E-state index contributed by atoms with van der Waals surface area (Å²) in [6.07, 6.45) is 2.66. The van der Waals surface area contributed by atoms with Crippen LogP contribution in [0.5, 0.6) is 11.5 Å². The van der Waals surface area contributed by atoms with Gasteiger partial charge in [-0.3, -0.25) is 4.79 Å². The van der Waals surface area contributed by atoms with Crippen LogP contribution in [0.4, 0.5) is 0 Å². The van der Waals surface area contributed by atoms with Crippen molar-refractivity contribution in [3.05, 3.63) is 23.8 Å². The van der Waals surface area contributed by atoms with Gasteiger partial charge in [0.15, 0.2) is 16.7 Å². The van der Waals surface area contributed by atoms with Crippen molar-refractivity contribution < 1.29 is 14.3 Å². The molecule has 1 aromatic carbocycles. The fourth-order valence-electron chi connectivity index (χ4n) is 1.69. The Bertz CT molecular complexity index is 602. The first-order valence-corrected chi connectivity index (χ1v) is 7.99. The van der Waals surface area contributed by atoms with Crippen molar-refractivity contribution >= 4 is 29.1 Å². The first-order chi connectivity index (χ1) is 10.6. The van der Waals surface area contributed by atoms with Gasteiger partial charge in [-0.05, 0) is 37.1 Å². The van der Waals surface area contributed by atoms with Gasteiger partial charge in [-0.15, -0.1) is 5.10 Å². The molecule has 1 aliphatic rings. The zero-order chi connectivity index (χ0) is 15.9. The van der Waals surface area contributed by atoms with Crippen LogP contribution < -0.4 is 14.8 Å². The zero-order valence-electron chi connectivity index (χ0n) is 12.8. The molecule has 0 spiro atoms. The van der Waals surface area contributed by atoms with Crippen LogP contribution in [0.3, 0.4) is 0 Å². The number of carbonyl (C=O) groups is 1. The van der Waals surface area contributed by atoms with Gasteiger partial charge in [0.25, 0.3) is 0 Å². The summed E-state index contributed by atoms with van der Waals surface area (Å²) >= 11 is 1.34. The fraction of sp³-hybridized carbons (Fsp3) is 0.400. The summed E-state index contributed by atoms with van der Waals surface area (Å²) in [6, 6.07) is 5.57. The molecule has 0 radical (unpaired) electrons. The Morgan fingerprint density at radius 2 is 2.27 bits per heavy atom. The summed E-state index contributed by atoms with van der Waals surface area (Å²) in [5.41, 5.74) is 0.840. The minimum Gasteiger partial charge on any atom is -0.493 e. The van der Waals surface area contributed by atoms with E-state index in [1.807, 2.05) is 25.1 Å². The van der Waals surface area contributed by atoms with Crippen molar-refractivity contribution in [2.75, 3.05) is 12.9 Å². The van der Waals surface area contributed by atoms with Crippen LogP contribution in [0.25, 0.3) is 0 Å². The first kappa shape index (κ1) is 16.4. The number of thioether (sulfide) groups is 1. The van der Waals surface area contributed by atoms with Crippen molar-refractivity contribution in [3.8, 4) is 11.5 Å². The van der Waals surface area contributed by atoms with Crippen molar-refractivity contribution in [2.45, 2.75) is 26.4 Å². The van der Waals surface area contributed by atoms with E-state index in [-0.39, 0.29) is 12.0 Å². The van der Waals surface area contributed by atoms with Gasteiger partial charge in [0, 0.05) is 0 Å². The highest BCUT2D eigenvalue weighted by Gasteiger charge is 2.16. The highest BCUT2D eigenvalue weighted by Crippen LogP contribution is 2.28. The minimum absolute atomic E-state index is 0.0489. The maximum atomic E-state index is 11.0. The smallest absolute Gasteiger partial charge is 0.236 e. The van der Waals surface area contributed by atoms with Crippen molar-refractivity contribution in [3.63, 3.8) is 0 Å². The van der Waals surface area contributed by atoms with Gasteiger partial charge in [-0.25, -0.2) is 0 Å². The van der Waals surface area contributed by atoms with Crippen LogP contribution in [0, 0.1) is 0 Å². The van der Waals surface area contributed by atoms with Gasteiger partial charge < -0.3 is 14.8 Å². The topological polar surface area (TPSA) is 72.3 Å². The summed E-state index contributed by atoms with van der Waals surface area (Å²) in [5, 5.41) is 11.1. The normalized spacial score (nSPS) is 17.8. The number of hydrogen-bond donors (Lipinski definition) is 1. The predicted octanol–water partition coefficient (Wildman–Crippen LogP) is 2.43. The molecule has 0 aromatic heterocycles. The molecule has 1 N–H and O–H groups in total. The lowest BCUT2D eigenvalue weighted by molar-refractivity contribution is -0.116. The maximum Gasteiger partial charge on any atom is 0.236 e. The van der Waals surface area contributed by atoms with E-state index < -0.39 is 0 Å². The monoisotopic (exact) mass is 321 g/mol. The molecule has 1 aliphatic heterocycles. The third-order valence-electron chi connectivity index (χ3n) is 3.03. The Balaban J connectivity index is 2.07. The molecule has 1 unspecified atom stereocenters. The molecular weight excluding hydrogens is 302 g/mol. The van der Waals surface area contributed by atoms with E-state index in [1.165, 1.54) is 11.8 Å². The van der Waals surface area contributed by atoms with Crippen LogP contribution in [0.2, 0.25) is 0 Å². The number of amidine groups is 1. The van der Waals surface area contributed by atoms with E-state index >= 15 is 0 Å². The van der Waals surface area contributed by atoms with Crippen LogP contribution in [0.1, 0.15) is 25.8 Å². The number of rotatable bonds is 6. The van der Waals surface area contributed by atoms with Crippen LogP contribution in [-0.4, -0.2) is 36.3 Å². The average Bonchev–Trinajstić information content (AvgIpc) is 2.93. The van der Waals surface area contributed by atoms with E-state index in [0.29, 0.717) is 22.4 Å². The molecule has 1 fully saturated rings. The number of benzene rings is 1. The molecule has 1 aromatic rings. The molecule has 6 nitrogen and oxygen atoms in total.